The Morgan fingerprint density at radius 3 is 2.45 bits per heavy atom. The first kappa shape index (κ1) is 15.0. The summed E-state index contributed by atoms with van der Waals surface area (Å²) in [7, 11) is 0. The summed E-state index contributed by atoms with van der Waals surface area (Å²) in [4.78, 5) is 0. The molecule has 2 atom stereocenters. The van der Waals surface area contributed by atoms with Gasteiger partial charge in [0.15, 0.2) is 0 Å². The number of nitrogens with one attached hydrogen (secondary N) is 1. The van der Waals surface area contributed by atoms with E-state index in [0.29, 0.717) is 5.02 Å². The van der Waals surface area contributed by atoms with Gasteiger partial charge < -0.3 is 5.32 Å². The molecule has 0 aliphatic rings. The Hall–Kier alpha value is -1.38. The van der Waals surface area contributed by atoms with Crippen LogP contribution >= 0.6 is 11.6 Å². The molecular weight excluding hydrogens is 273 g/mol. The summed E-state index contributed by atoms with van der Waals surface area (Å²) in [5.41, 5.74) is 3.38. The van der Waals surface area contributed by atoms with Gasteiger partial charge in [-0.15, -0.1) is 0 Å². The Kier molecular flexibility index (Phi) is 4.79. The third-order valence-corrected chi connectivity index (χ3v) is 3.80. The smallest absolute Gasteiger partial charge is 0.124 e. The zero-order valence-electron chi connectivity index (χ0n) is 12.0. The van der Waals surface area contributed by atoms with Crippen molar-refractivity contribution in [1.29, 1.82) is 0 Å². The van der Waals surface area contributed by atoms with Gasteiger partial charge in [0.25, 0.3) is 0 Å². The second-order valence-electron chi connectivity index (χ2n) is 5.19. The van der Waals surface area contributed by atoms with Crippen molar-refractivity contribution in [3.63, 3.8) is 0 Å². The van der Waals surface area contributed by atoms with E-state index in [0.717, 1.165) is 5.56 Å². The molecule has 3 heteroatoms. The average Bonchev–Trinajstić information content (AvgIpc) is 2.38. The lowest BCUT2D eigenvalue weighted by Crippen LogP contribution is -2.22. The maximum atomic E-state index is 13.1. The number of rotatable bonds is 4. The average molecular weight is 292 g/mol. The molecule has 0 aromatic heterocycles. The maximum Gasteiger partial charge on any atom is 0.124 e. The van der Waals surface area contributed by atoms with Crippen LogP contribution in [0.15, 0.2) is 42.5 Å². The van der Waals surface area contributed by atoms with E-state index in [1.807, 2.05) is 6.92 Å². The highest BCUT2D eigenvalue weighted by atomic mass is 35.5. The van der Waals surface area contributed by atoms with Gasteiger partial charge in [0.1, 0.15) is 5.82 Å². The Labute approximate surface area is 124 Å². The summed E-state index contributed by atoms with van der Waals surface area (Å²) >= 11 is 6.10. The lowest BCUT2D eigenvalue weighted by atomic mass is 10.0. The number of hydrogen-bond donors (Lipinski definition) is 1. The summed E-state index contributed by atoms with van der Waals surface area (Å²) in [5, 5.41) is 3.95. The van der Waals surface area contributed by atoms with Crippen LogP contribution in [0.5, 0.6) is 0 Å². The molecule has 0 fully saturated rings. The van der Waals surface area contributed by atoms with Crippen molar-refractivity contribution in [2.45, 2.75) is 32.9 Å². The van der Waals surface area contributed by atoms with Crippen LogP contribution in [-0.4, -0.2) is 0 Å². The van der Waals surface area contributed by atoms with Crippen LogP contribution in [0, 0.1) is 12.7 Å². The normalized spacial score (nSPS) is 14.1. The molecule has 0 radical (unpaired) electrons. The Morgan fingerprint density at radius 1 is 1.05 bits per heavy atom. The van der Waals surface area contributed by atoms with Crippen LogP contribution in [0.1, 0.15) is 42.6 Å². The van der Waals surface area contributed by atoms with Gasteiger partial charge in [-0.2, -0.15) is 0 Å². The van der Waals surface area contributed by atoms with Crippen LogP contribution in [0.25, 0.3) is 0 Å². The van der Waals surface area contributed by atoms with Crippen LogP contribution < -0.4 is 5.32 Å². The summed E-state index contributed by atoms with van der Waals surface area (Å²) in [6, 6.07) is 13.2. The number of benzene rings is 2. The zero-order chi connectivity index (χ0) is 14.7. The van der Waals surface area contributed by atoms with Crippen molar-refractivity contribution < 1.29 is 4.39 Å². The van der Waals surface area contributed by atoms with Gasteiger partial charge in [0, 0.05) is 17.1 Å². The van der Waals surface area contributed by atoms with Gasteiger partial charge >= 0.3 is 0 Å². The molecule has 0 heterocycles. The van der Waals surface area contributed by atoms with Crippen LogP contribution in [0.3, 0.4) is 0 Å². The van der Waals surface area contributed by atoms with Crippen LogP contribution in [-0.2, 0) is 0 Å². The van der Waals surface area contributed by atoms with E-state index in [1.165, 1.54) is 23.3 Å². The van der Waals surface area contributed by atoms with Crippen molar-refractivity contribution in [1.82, 2.24) is 5.32 Å². The predicted octanol–water partition coefficient (Wildman–Crippen LogP) is 5.20. The third-order valence-electron chi connectivity index (χ3n) is 3.47. The molecule has 1 N–H and O–H groups in total. The first-order chi connectivity index (χ1) is 9.47. The highest BCUT2D eigenvalue weighted by Gasteiger charge is 2.14. The second kappa shape index (κ2) is 6.38. The molecule has 20 heavy (non-hydrogen) atoms. The topological polar surface area (TPSA) is 12.0 Å². The number of halogens is 2. The van der Waals surface area contributed by atoms with E-state index in [2.05, 4.69) is 43.4 Å². The number of aryl methyl sites for hydroxylation is 1. The summed E-state index contributed by atoms with van der Waals surface area (Å²) in [6.07, 6.45) is 0. The fourth-order valence-corrected chi connectivity index (χ4v) is 2.68. The molecule has 0 saturated heterocycles. The first-order valence-electron chi connectivity index (χ1n) is 6.75. The SMILES string of the molecule is Cc1cccc([C@H](C)NC(C)c2ccc(F)cc2Cl)c1. The summed E-state index contributed by atoms with van der Waals surface area (Å²) in [6.45, 7) is 6.23. The molecule has 2 aromatic rings. The fraction of sp³-hybridized carbons (Fsp3) is 0.294. The van der Waals surface area contributed by atoms with Crippen molar-refractivity contribution in [3.8, 4) is 0 Å². The van der Waals surface area contributed by atoms with E-state index in [-0.39, 0.29) is 17.9 Å². The van der Waals surface area contributed by atoms with E-state index in [4.69, 9.17) is 11.6 Å². The summed E-state index contributed by atoms with van der Waals surface area (Å²) < 4.78 is 13.1. The molecule has 0 aliphatic heterocycles. The lowest BCUT2D eigenvalue weighted by molar-refractivity contribution is 0.494. The minimum atomic E-state index is -0.308. The molecule has 0 bridgehead atoms. The molecular formula is C17H19ClFN. The quantitative estimate of drug-likeness (QED) is 0.816. The molecule has 1 unspecified atom stereocenters. The van der Waals surface area contributed by atoms with Gasteiger partial charge in [0.05, 0.1) is 0 Å². The number of hydrogen-bond acceptors (Lipinski definition) is 1. The molecule has 0 amide bonds. The van der Waals surface area contributed by atoms with Gasteiger partial charge in [-0.3, -0.25) is 0 Å². The highest BCUT2D eigenvalue weighted by molar-refractivity contribution is 6.31. The van der Waals surface area contributed by atoms with Crippen molar-refractivity contribution in [3.05, 3.63) is 70.0 Å². The first-order valence-corrected chi connectivity index (χ1v) is 7.12. The highest BCUT2D eigenvalue weighted by Crippen LogP contribution is 2.26. The molecule has 0 saturated carbocycles. The largest absolute Gasteiger partial charge is 0.304 e. The monoisotopic (exact) mass is 291 g/mol. The lowest BCUT2D eigenvalue weighted by Gasteiger charge is -2.22. The predicted molar refractivity (Wildman–Crippen MR) is 82.6 cm³/mol. The Balaban J connectivity index is 2.12. The van der Waals surface area contributed by atoms with Gasteiger partial charge in [-0.1, -0.05) is 47.5 Å². The fourth-order valence-electron chi connectivity index (χ4n) is 2.35. The molecule has 0 aliphatic carbocycles. The third kappa shape index (κ3) is 3.59. The van der Waals surface area contributed by atoms with Crippen molar-refractivity contribution >= 4 is 11.6 Å². The minimum absolute atomic E-state index is 0.0543. The van der Waals surface area contributed by atoms with Crippen LogP contribution in [0.2, 0.25) is 5.02 Å². The molecule has 0 spiro atoms. The van der Waals surface area contributed by atoms with Crippen LogP contribution in [0.4, 0.5) is 4.39 Å². The van der Waals surface area contributed by atoms with E-state index in [1.54, 1.807) is 6.07 Å². The van der Waals surface area contributed by atoms with Crippen molar-refractivity contribution in [2.24, 2.45) is 0 Å². The maximum absolute atomic E-state index is 13.1. The molecule has 106 valence electrons. The van der Waals surface area contributed by atoms with E-state index < -0.39 is 0 Å². The Morgan fingerprint density at radius 2 is 1.80 bits per heavy atom. The zero-order valence-corrected chi connectivity index (χ0v) is 12.7. The van der Waals surface area contributed by atoms with Gasteiger partial charge in [-0.05, 0) is 44.0 Å². The van der Waals surface area contributed by atoms with Gasteiger partial charge in [-0.25, -0.2) is 4.39 Å². The summed E-state index contributed by atoms with van der Waals surface area (Å²) in [5.74, 6) is -0.308. The van der Waals surface area contributed by atoms with Gasteiger partial charge in [0.2, 0.25) is 0 Å². The molecule has 1 nitrogen and oxygen atoms in total. The standard InChI is InChI=1S/C17H19ClFN/c1-11-5-4-6-14(9-11)12(2)20-13(3)16-8-7-15(19)10-17(16)18/h4-10,12-13,20H,1-3H3/t12-,13?/m0/s1. The van der Waals surface area contributed by atoms with E-state index >= 15 is 0 Å². The van der Waals surface area contributed by atoms with Crippen molar-refractivity contribution in [2.75, 3.05) is 0 Å². The second-order valence-corrected chi connectivity index (χ2v) is 5.60. The minimum Gasteiger partial charge on any atom is -0.304 e. The Bertz CT molecular complexity index is 597. The molecule has 2 rings (SSSR count). The van der Waals surface area contributed by atoms with E-state index in [9.17, 15) is 4.39 Å². The molecule has 2 aromatic carbocycles.